The van der Waals surface area contributed by atoms with Crippen molar-refractivity contribution in [2.45, 2.75) is 45.3 Å². The van der Waals surface area contributed by atoms with Crippen molar-refractivity contribution in [3.8, 4) is 5.75 Å². The van der Waals surface area contributed by atoms with Gasteiger partial charge in [-0.15, -0.1) is 0 Å². The average Bonchev–Trinajstić information content (AvgIpc) is 2.39. The van der Waals surface area contributed by atoms with Gasteiger partial charge in [-0.3, -0.25) is 0 Å². The average molecular weight is 248 g/mol. The summed E-state index contributed by atoms with van der Waals surface area (Å²) in [5.74, 6) is 1.07. The van der Waals surface area contributed by atoms with E-state index in [1.807, 2.05) is 24.3 Å². The van der Waals surface area contributed by atoms with Crippen molar-refractivity contribution < 1.29 is 14.3 Å². The van der Waals surface area contributed by atoms with E-state index in [4.69, 9.17) is 9.47 Å². The molecule has 1 atom stereocenters. The Morgan fingerprint density at radius 3 is 2.72 bits per heavy atom. The van der Waals surface area contributed by atoms with E-state index >= 15 is 0 Å². The van der Waals surface area contributed by atoms with E-state index in [2.05, 4.69) is 0 Å². The SMILES string of the molecule is CC(=O)CCc1ccc(OC2CCCCO2)cc1. The van der Waals surface area contributed by atoms with Crippen LogP contribution in [0.2, 0.25) is 0 Å². The molecular formula is C15H20O3. The number of hydrogen-bond acceptors (Lipinski definition) is 3. The Morgan fingerprint density at radius 2 is 2.11 bits per heavy atom. The van der Waals surface area contributed by atoms with E-state index in [1.165, 1.54) is 12.0 Å². The van der Waals surface area contributed by atoms with E-state index in [0.29, 0.717) is 6.42 Å². The molecular weight excluding hydrogens is 228 g/mol. The van der Waals surface area contributed by atoms with Gasteiger partial charge in [0.1, 0.15) is 11.5 Å². The second kappa shape index (κ2) is 6.55. The van der Waals surface area contributed by atoms with Crippen LogP contribution in [0.15, 0.2) is 24.3 Å². The molecule has 2 rings (SSSR count). The lowest BCUT2D eigenvalue weighted by atomic mass is 10.1. The van der Waals surface area contributed by atoms with E-state index in [0.717, 1.165) is 31.6 Å². The van der Waals surface area contributed by atoms with Gasteiger partial charge in [-0.05, 0) is 43.9 Å². The molecule has 1 fully saturated rings. The Balaban J connectivity index is 1.84. The maximum Gasteiger partial charge on any atom is 0.199 e. The molecule has 18 heavy (non-hydrogen) atoms. The molecule has 1 aliphatic rings. The van der Waals surface area contributed by atoms with E-state index in [9.17, 15) is 4.79 Å². The van der Waals surface area contributed by atoms with Crippen LogP contribution < -0.4 is 4.74 Å². The van der Waals surface area contributed by atoms with E-state index in [1.54, 1.807) is 6.92 Å². The third-order valence-corrected chi connectivity index (χ3v) is 3.09. The molecule has 3 nitrogen and oxygen atoms in total. The highest BCUT2D eigenvalue weighted by atomic mass is 16.7. The Bertz CT molecular complexity index is 377. The van der Waals surface area contributed by atoms with Crippen LogP contribution in [0, 0.1) is 0 Å². The van der Waals surface area contributed by atoms with Gasteiger partial charge in [-0.25, -0.2) is 0 Å². The zero-order valence-electron chi connectivity index (χ0n) is 10.9. The quantitative estimate of drug-likeness (QED) is 0.803. The summed E-state index contributed by atoms with van der Waals surface area (Å²) in [5, 5.41) is 0. The number of Topliss-reactive ketones (excluding diaryl/α,β-unsaturated/α-hetero) is 1. The highest BCUT2D eigenvalue weighted by molar-refractivity contribution is 5.75. The summed E-state index contributed by atoms with van der Waals surface area (Å²) in [6.45, 7) is 2.42. The predicted octanol–water partition coefficient (Wildman–Crippen LogP) is 3.11. The zero-order valence-corrected chi connectivity index (χ0v) is 10.9. The molecule has 0 radical (unpaired) electrons. The van der Waals surface area contributed by atoms with Crippen molar-refractivity contribution in [3.05, 3.63) is 29.8 Å². The van der Waals surface area contributed by atoms with Crippen LogP contribution in [0.4, 0.5) is 0 Å². The smallest absolute Gasteiger partial charge is 0.199 e. The summed E-state index contributed by atoms with van der Waals surface area (Å²) in [4.78, 5) is 10.9. The van der Waals surface area contributed by atoms with E-state index < -0.39 is 0 Å². The molecule has 1 heterocycles. The number of ether oxygens (including phenoxy) is 2. The number of aryl methyl sites for hydroxylation is 1. The Labute approximate surface area is 108 Å². The first-order valence-corrected chi connectivity index (χ1v) is 6.61. The molecule has 0 aliphatic carbocycles. The summed E-state index contributed by atoms with van der Waals surface area (Å²) in [6, 6.07) is 7.93. The first-order chi connectivity index (χ1) is 8.74. The van der Waals surface area contributed by atoms with Gasteiger partial charge in [-0.1, -0.05) is 12.1 Å². The second-order valence-corrected chi connectivity index (χ2v) is 4.76. The van der Waals surface area contributed by atoms with Gasteiger partial charge in [0.2, 0.25) is 0 Å². The summed E-state index contributed by atoms with van der Waals surface area (Å²) in [7, 11) is 0. The van der Waals surface area contributed by atoms with Crippen LogP contribution in [0.3, 0.4) is 0 Å². The molecule has 3 heteroatoms. The van der Waals surface area contributed by atoms with Gasteiger partial charge in [0.15, 0.2) is 6.29 Å². The number of hydrogen-bond donors (Lipinski definition) is 0. The first-order valence-electron chi connectivity index (χ1n) is 6.61. The van der Waals surface area contributed by atoms with Crippen molar-refractivity contribution >= 4 is 5.78 Å². The van der Waals surface area contributed by atoms with Crippen LogP contribution in [-0.2, 0) is 16.0 Å². The molecule has 98 valence electrons. The molecule has 0 saturated carbocycles. The molecule has 1 aromatic rings. The molecule has 0 N–H and O–H groups in total. The van der Waals surface area contributed by atoms with Crippen molar-refractivity contribution in [2.75, 3.05) is 6.61 Å². The molecule has 1 unspecified atom stereocenters. The summed E-state index contributed by atoms with van der Waals surface area (Å²) in [5.41, 5.74) is 1.17. The predicted molar refractivity (Wildman–Crippen MR) is 69.7 cm³/mol. The highest BCUT2D eigenvalue weighted by Gasteiger charge is 2.14. The topological polar surface area (TPSA) is 35.5 Å². The standard InChI is InChI=1S/C15H20O3/c1-12(16)5-6-13-7-9-14(10-8-13)18-15-4-2-3-11-17-15/h7-10,15H,2-6,11H2,1H3. The molecule has 0 spiro atoms. The second-order valence-electron chi connectivity index (χ2n) is 4.76. The van der Waals surface area contributed by atoms with Crippen molar-refractivity contribution in [3.63, 3.8) is 0 Å². The molecule has 1 saturated heterocycles. The van der Waals surface area contributed by atoms with Crippen molar-refractivity contribution in [1.29, 1.82) is 0 Å². The van der Waals surface area contributed by atoms with Crippen LogP contribution >= 0.6 is 0 Å². The normalized spacial score (nSPS) is 19.5. The Kier molecular flexibility index (Phi) is 4.76. The maximum atomic E-state index is 10.9. The summed E-state index contributed by atoms with van der Waals surface area (Å²) >= 11 is 0. The van der Waals surface area contributed by atoms with Crippen LogP contribution in [0.1, 0.15) is 38.2 Å². The minimum atomic E-state index is -0.0955. The van der Waals surface area contributed by atoms with E-state index in [-0.39, 0.29) is 12.1 Å². The van der Waals surface area contributed by atoms with Gasteiger partial charge >= 0.3 is 0 Å². The maximum absolute atomic E-state index is 10.9. The molecule has 0 bridgehead atoms. The number of carbonyl (C=O) groups is 1. The molecule has 0 amide bonds. The lowest BCUT2D eigenvalue weighted by Crippen LogP contribution is -2.24. The lowest BCUT2D eigenvalue weighted by molar-refractivity contribution is -0.116. The van der Waals surface area contributed by atoms with Gasteiger partial charge in [-0.2, -0.15) is 0 Å². The number of rotatable bonds is 5. The zero-order chi connectivity index (χ0) is 12.8. The van der Waals surface area contributed by atoms with Crippen LogP contribution in [0.25, 0.3) is 0 Å². The monoisotopic (exact) mass is 248 g/mol. The first kappa shape index (κ1) is 13.1. The summed E-state index contributed by atoms with van der Waals surface area (Å²) in [6.07, 6.45) is 4.57. The number of ketones is 1. The fourth-order valence-corrected chi connectivity index (χ4v) is 2.01. The minimum Gasteiger partial charge on any atom is -0.465 e. The van der Waals surface area contributed by atoms with Gasteiger partial charge in [0.05, 0.1) is 6.61 Å². The fourth-order valence-electron chi connectivity index (χ4n) is 2.01. The molecule has 1 aliphatic heterocycles. The van der Waals surface area contributed by atoms with Crippen molar-refractivity contribution in [1.82, 2.24) is 0 Å². The van der Waals surface area contributed by atoms with Crippen LogP contribution in [-0.4, -0.2) is 18.7 Å². The number of carbonyl (C=O) groups excluding carboxylic acids is 1. The van der Waals surface area contributed by atoms with Crippen LogP contribution in [0.5, 0.6) is 5.75 Å². The minimum absolute atomic E-state index is 0.0955. The highest BCUT2D eigenvalue weighted by Crippen LogP contribution is 2.20. The molecule has 0 aromatic heterocycles. The third kappa shape index (κ3) is 4.15. The summed E-state index contributed by atoms with van der Waals surface area (Å²) < 4.78 is 11.3. The Hall–Kier alpha value is -1.35. The van der Waals surface area contributed by atoms with Gasteiger partial charge < -0.3 is 14.3 Å². The van der Waals surface area contributed by atoms with Gasteiger partial charge in [0.25, 0.3) is 0 Å². The third-order valence-electron chi connectivity index (χ3n) is 3.09. The van der Waals surface area contributed by atoms with Gasteiger partial charge in [0, 0.05) is 12.8 Å². The lowest BCUT2D eigenvalue weighted by Gasteiger charge is -2.23. The Morgan fingerprint density at radius 1 is 1.33 bits per heavy atom. The number of benzene rings is 1. The van der Waals surface area contributed by atoms with Crippen molar-refractivity contribution in [2.24, 2.45) is 0 Å². The fraction of sp³-hybridized carbons (Fsp3) is 0.533. The largest absolute Gasteiger partial charge is 0.465 e. The molecule has 1 aromatic carbocycles.